The Morgan fingerprint density at radius 3 is 2.41 bits per heavy atom. The average molecular weight is 399 g/mol. The zero-order valence-corrected chi connectivity index (χ0v) is 16.2. The molecule has 0 radical (unpaired) electrons. The van der Waals surface area contributed by atoms with Crippen molar-refractivity contribution in [1.82, 2.24) is 0 Å². The first kappa shape index (κ1) is 18.9. The van der Waals surface area contributed by atoms with Crippen LogP contribution in [0.2, 0.25) is 0 Å². The van der Waals surface area contributed by atoms with Gasteiger partial charge in [0.05, 0.1) is 20.1 Å². The number of carbonyl (C=O) groups is 2. The number of ether oxygens (including phenoxy) is 5. The van der Waals surface area contributed by atoms with Crippen LogP contribution in [0.15, 0.2) is 36.4 Å². The van der Waals surface area contributed by atoms with Crippen LogP contribution in [-0.4, -0.2) is 45.9 Å². The predicted octanol–water partition coefficient (Wildman–Crippen LogP) is 2.43. The maximum absolute atomic E-state index is 12.7. The smallest absolute Gasteiger partial charge is 0.316 e. The summed E-state index contributed by atoms with van der Waals surface area (Å²) >= 11 is 0. The fraction of sp³-hybridized carbons (Fsp3) is 0.333. The molecule has 2 aliphatic heterocycles. The van der Waals surface area contributed by atoms with Gasteiger partial charge in [-0.1, -0.05) is 6.07 Å². The Hall–Kier alpha value is -3.42. The molecule has 0 bridgehead atoms. The van der Waals surface area contributed by atoms with E-state index in [0.29, 0.717) is 41.9 Å². The van der Waals surface area contributed by atoms with Gasteiger partial charge in [-0.15, -0.1) is 0 Å². The lowest BCUT2D eigenvalue weighted by Crippen LogP contribution is -2.27. The molecule has 0 aromatic heterocycles. The van der Waals surface area contributed by atoms with Crippen LogP contribution in [0.4, 0.5) is 5.69 Å². The lowest BCUT2D eigenvalue weighted by molar-refractivity contribution is -0.139. The summed E-state index contributed by atoms with van der Waals surface area (Å²) in [5, 5.41) is 0. The quantitative estimate of drug-likeness (QED) is 0.564. The molecule has 0 N–H and O–H groups in total. The van der Waals surface area contributed by atoms with Crippen molar-refractivity contribution >= 4 is 17.6 Å². The monoisotopic (exact) mass is 399 g/mol. The van der Waals surface area contributed by atoms with Gasteiger partial charge in [-0.25, -0.2) is 0 Å². The van der Waals surface area contributed by atoms with Gasteiger partial charge >= 0.3 is 5.97 Å². The summed E-state index contributed by atoms with van der Waals surface area (Å²) in [5.41, 5.74) is 0.657. The number of rotatable bonds is 5. The number of carbonyl (C=O) groups excluding carboxylic acids is 2. The highest BCUT2D eigenvalue weighted by Gasteiger charge is 2.37. The first-order valence-electron chi connectivity index (χ1n) is 9.23. The van der Waals surface area contributed by atoms with Crippen LogP contribution in [0.5, 0.6) is 28.7 Å². The van der Waals surface area contributed by atoms with E-state index < -0.39 is 11.9 Å². The van der Waals surface area contributed by atoms with Crippen molar-refractivity contribution in [3.8, 4) is 28.7 Å². The van der Waals surface area contributed by atoms with Crippen LogP contribution < -0.4 is 28.6 Å². The summed E-state index contributed by atoms with van der Waals surface area (Å²) in [4.78, 5) is 26.9. The minimum Gasteiger partial charge on any atom is -0.493 e. The third kappa shape index (κ3) is 3.65. The Morgan fingerprint density at radius 2 is 1.72 bits per heavy atom. The Balaban J connectivity index is 1.50. The van der Waals surface area contributed by atoms with Gasteiger partial charge in [-0.3, -0.25) is 9.59 Å². The normalized spacial score (nSPS) is 17.8. The number of nitrogens with zero attached hydrogens (tertiary/aromatic N) is 1. The van der Waals surface area contributed by atoms with E-state index in [1.807, 2.05) is 0 Å². The lowest BCUT2D eigenvalue weighted by atomic mass is 10.1. The zero-order chi connectivity index (χ0) is 20.4. The van der Waals surface area contributed by atoms with Gasteiger partial charge in [0.2, 0.25) is 11.7 Å². The topological polar surface area (TPSA) is 83.5 Å². The molecule has 2 aromatic carbocycles. The highest BCUT2D eigenvalue weighted by Crippen LogP contribution is 2.39. The summed E-state index contributed by atoms with van der Waals surface area (Å²) in [6.45, 7) is 1.17. The number of methoxy groups -OCH3 is 2. The van der Waals surface area contributed by atoms with Crippen LogP contribution in [0.25, 0.3) is 0 Å². The van der Waals surface area contributed by atoms with Crippen LogP contribution in [-0.2, 0) is 9.59 Å². The summed E-state index contributed by atoms with van der Waals surface area (Å²) < 4.78 is 27.2. The maximum atomic E-state index is 12.7. The SMILES string of the molecule is COc1cccc(OC)c1OC(=O)[C@H]1CC(=O)N(c2ccc3c(c2)OCCO3)C1. The van der Waals surface area contributed by atoms with E-state index in [-0.39, 0.29) is 24.6 Å². The number of esters is 1. The molecule has 152 valence electrons. The molecule has 8 nitrogen and oxygen atoms in total. The second-order valence-electron chi connectivity index (χ2n) is 6.65. The summed E-state index contributed by atoms with van der Waals surface area (Å²) in [6, 6.07) is 10.4. The Labute approximate surface area is 167 Å². The van der Waals surface area contributed by atoms with Crippen molar-refractivity contribution in [2.75, 3.05) is 38.9 Å². The van der Waals surface area contributed by atoms with Crippen molar-refractivity contribution in [3.05, 3.63) is 36.4 Å². The fourth-order valence-electron chi connectivity index (χ4n) is 3.42. The summed E-state index contributed by atoms with van der Waals surface area (Å²) in [5.74, 6) is 0.920. The zero-order valence-electron chi connectivity index (χ0n) is 16.2. The van der Waals surface area contributed by atoms with E-state index in [1.165, 1.54) is 14.2 Å². The summed E-state index contributed by atoms with van der Waals surface area (Å²) in [7, 11) is 2.96. The van der Waals surface area contributed by atoms with E-state index in [0.717, 1.165) is 0 Å². The number of para-hydroxylation sites is 1. The minimum atomic E-state index is -0.606. The van der Waals surface area contributed by atoms with Crippen molar-refractivity contribution in [2.45, 2.75) is 6.42 Å². The number of amides is 1. The van der Waals surface area contributed by atoms with Crippen molar-refractivity contribution in [2.24, 2.45) is 5.92 Å². The molecule has 4 rings (SSSR count). The molecule has 2 heterocycles. The van der Waals surface area contributed by atoms with Gasteiger partial charge in [-0.05, 0) is 24.3 Å². The van der Waals surface area contributed by atoms with Crippen molar-refractivity contribution in [3.63, 3.8) is 0 Å². The van der Waals surface area contributed by atoms with Crippen LogP contribution in [0.1, 0.15) is 6.42 Å². The van der Waals surface area contributed by atoms with Gasteiger partial charge in [0, 0.05) is 24.7 Å². The third-order valence-electron chi connectivity index (χ3n) is 4.88. The fourth-order valence-corrected chi connectivity index (χ4v) is 3.42. The Morgan fingerprint density at radius 1 is 1.03 bits per heavy atom. The van der Waals surface area contributed by atoms with Crippen molar-refractivity contribution in [1.29, 1.82) is 0 Å². The van der Waals surface area contributed by atoms with Gasteiger partial charge in [0.1, 0.15) is 13.2 Å². The Kier molecular flexibility index (Phi) is 5.16. The van der Waals surface area contributed by atoms with E-state index >= 15 is 0 Å². The molecular formula is C21H21NO7. The Bertz CT molecular complexity index is 920. The van der Waals surface area contributed by atoms with Crippen molar-refractivity contribution < 1.29 is 33.3 Å². The molecule has 0 unspecified atom stereocenters. The highest BCUT2D eigenvalue weighted by molar-refractivity contribution is 6.00. The molecule has 2 aromatic rings. The van der Waals surface area contributed by atoms with E-state index in [2.05, 4.69) is 0 Å². The first-order chi connectivity index (χ1) is 14.1. The van der Waals surface area contributed by atoms with Crippen LogP contribution in [0, 0.1) is 5.92 Å². The average Bonchev–Trinajstić information content (AvgIpc) is 3.15. The number of anilines is 1. The van der Waals surface area contributed by atoms with Gasteiger partial charge in [0.25, 0.3) is 0 Å². The second-order valence-corrected chi connectivity index (χ2v) is 6.65. The third-order valence-corrected chi connectivity index (χ3v) is 4.88. The maximum Gasteiger partial charge on any atom is 0.316 e. The predicted molar refractivity (Wildman–Crippen MR) is 103 cm³/mol. The molecule has 1 fully saturated rings. The second kappa shape index (κ2) is 7.90. The van der Waals surface area contributed by atoms with Gasteiger partial charge in [0.15, 0.2) is 23.0 Å². The molecule has 29 heavy (non-hydrogen) atoms. The number of fused-ring (bicyclic) bond motifs is 1. The highest BCUT2D eigenvalue weighted by atomic mass is 16.6. The van der Waals surface area contributed by atoms with E-state index in [9.17, 15) is 9.59 Å². The molecule has 1 saturated heterocycles. The summed E-state index contributed by atoms with van der Waals surface area (Å²) in [6.07, 6.45) is 0.0603. The number of hydrogen-bond acceptors (Lipinski definition) is 7. The minimum absolute atomic E-state index is 0.0603. The number of benzene rings is 2. The molecule has 0 saturated carbocycles. The first-order valence-corrected chi connectivity index (χ1v) is 9.23. The molecular weight excluding hydrogens is 378 g/mol. The molecule has 0 aliphatic carbocycles. The van der Waals surface area contributed by atoms with E-state index in [4.69, 9.17) is 23.7 Å². The number of hydrogen-bond donors (Lipinski definition) is 0. The molecule has 1 atom stereocenters. The standard InChI is InChI=1S/C21H21NO7/c1-25-16-4-3-5-17(26-2)20(16)29-21(24)13-10-19(23)22(12-13)14-6-7-15-18(11-14)28-9-8-27-15/h3-7,11,13H,8-10,12H2,1-2H3/t13-/m0/s1. The van der Waals surface area contributed by atoms with Crippen LogP contribution >= 0.6 is 0 Å². The van der Waals surface area contributed by atoms with Crippen LogP contribution in [0.3, 0.4) is 0 Å². The van der Waals surface area contributed by atoms with Gasteiger partial charge in [-0.2, -0.15) is 0 Å². The molecule has 8 heteroatoms. The van der Waals surface area contributed by atoms with E-state index in [1.54, 1.807) is 41.3 Å². The molecule has 0 spiro atoms. The lowest BCUT2D eigenvalue weighted by Gasteiger charge is -2.22. The molecule has 2 aliphatic rings. The van der Waals surface area contributed by atoms with Gasteiger partial charge < -0.3 is 28.6 Å². The largest absolute Gasteiger partial charge is 0.493 e. The molecule has 1 amide bonds.